The van der Waals surface area contributed by atoms with Gasteiger partial charge in [0.05, 0.1) is 0 Å². The number of amides is 1. The van der Waals surface area contributed by atoms with Crippen molar-refractivity contribution in [3.8, 4) is 5.75 Å². The Bertz CT molecular complexity index is 633. The second-order valence-corrected chi connectivity index (χ2v) is 6.01. The summed E-state index contributed by atoms with van der Waals surface area (Å²) in [7, 11) is 0. The SMILES string of the molecule is CCc1ccc(NC(=O)C(C)(C)Oc2ccc(Cl)cc2)cc1. The Labute approximate surface area is 136 Å². The van der Waals surface area contributed by atoms with Gasteiger partial charge in [0.25, 0.3) is 5.91 Å². The fraction of sp³-hybridized carbons (Fsp3) is 0.278. The topological polar surface area (TPSA) is 38.3 Å². The van der Waals surface area contributed by atoms with E-state index in [9.17, 15) is 4.79 Å². The predicted octanol–water partition coefficient (Wildman–Crippen LogP) is 4.70. The Kier molecular flexibility index (Phi) is 5.09. The van der Waals surface area contributed by atoms with Crippen LogP contribution in [0.5, 0.6) is 5.75 Å². The molecule has 1 amide bonds. The van der Waals surface area contributed by atoms with Crippen molar-refractivity contribution in [3.63, 3.8) is 0 Å². The summed E-state index contributed by atoms with van der Waals surface area (Å²) in [6.45, 7) is 5.56. The number of nitrogens with one attached hydrogen (secondary N) is 1. The molecule has 2 aromatic carbocycles. The van der Waals surface area contributed by atoms with Crippen LogP contribution in [0.15, 0.2) is 48.5 Å². The van der Waals surface area contributed by atoms with E-state index in [-0.39, 0.29) is 5.91 Å². The molecule has 0 saturated heterocycles. The smallest absolute Gasteiger partial charge is 0.267 e. The van der Waals surface area contributed by atoms with Crippen LogP contribution in [0, 0.1) is 0 Å². The van der Waals surface area contributed by atoms with Crippen molar-refractivity contribution in [2.75, 3.05) is 5.32 Å². The van der Waals surface area contributed by atoms with E-state index in [4.69, 9.17) is 16.3 Å². The van der Waals surface area contributed by atoms with Gasteiger partial charge in [-0.2, -0.15) is 0 Å². The standard InChI is InChI=1S/C18H20ClNO2/c1-4-13-5-9-15(10-6-13)20-17(21)18(2,3)22-16-11-7-14(19)8-12-16/h5-12H,4H2,1-3H3,(H,20,21). The molecule has 0 fully saturated rings. The molecule has 0 aromatic heterocycles. The minimum absolute atomic E-state index is 0.202. The van der Waals surface area contributed by atoms with Gasteiger partial charge >= 0.3 is 0 Å². The number of aryl methyl sites for hydroxylation is 1. The molecule has 22 heavy (non-hydrogen) atoms. The fourth-order valence-corrected chi connectivity index (χ4v) is 2.07. The molecule has 0 aliphatic heterocycles. The molecule has 0 radical (unpaired) electrons. The number of benzene rings is 2. The van der Waals surface area contributed by atoms with E-state index in [1.54, 1.807) is 38.1 Å². The molecule has 2 rings (SSSR count). The van der Waals surface area contributed by atoms with Gasteiger partial charge in [0.15, 0.2) is 5.60 Å². The lowest BCUT2D eigenvalue weighted by Gasteiger charge is -2.25. The van der Waals surface area contributed by atoms with Gasteiger partial charge in [-0.25, -0.2) is 0 Å². The van der Waals surface area contributed by atoms with Crippen molar-refractivity contribution >= 4 is 23.2 Å². The van der Waals surface area contributed by atoms with Gasteiger partial charge in [0.1, 0.15) is 5.75 Å². The minimum Gasteiger partial charge on any atom is -0.478 e. The van der Waals surface area contributed by atoms with E-state index < -0.39 is 5.60 Å². The molecule has 0 spiro atoms. The summed E-state index contributed by atoms with van der Waals surface area (Å²) in [6.07, 6.45) is 0.972. The number of rotatable bonds is 5. The molecule has 0 atom stereocenters. The highest BCUT2D eigenvalue weighted by molar-refractivity contribution is 6.30. The molecule has 0 bridgehead atoms. The zero-order valence-electron chi connectivity index (χ0n) is 13.0. The molecule has 0 saturated carbocycles. The van der Waals surface area contributed by atoms with Crippen molar-refractivity contribution in [2.45, 2.75) is 32.8 Å². The van der Waals surface area contributed by atoms with E-state index in [2.05, 4.69) is 12.2 Å². The summed E-state index contributed by atoms with van der Waals surface area (Å²) in [5.74, 6) is 0.401. The van der Waals surface area contributed by atoms with E-state index >= 15 is 0 Å². The number of hydrogen-bond donors (Lipinski definition) is 1. The Balaban J connectivity index is 2.04. The molecule has 0 aliphatic carbocycles. The molecule has 0 heterocycles. The van der Waals surface area contributed by atoms with Crippen LogP contribution in [-0.4, -0.2) is 11.5 Å². The maximum absolute atomic E-state index is 12.4. The normalized spacial score (nSPS) is 11.1. The Morgan fingerprint density at radius 2 is 1.68 bits per heavy atom. The second kappa shape index (κ2) is 6.84. The van der Waals surface area contributed by atoms with Gasteiger partial charge < -0.3 is 10.1 Å². The Hall–Kier alpha value is -2.00. The summed E-state index contributed by atoms with van der Waals surface area (Å²) < 4.78 is 5.77. The highest BCUT2D eigenvalue weighted by Gasteiger charge is 2.30. The maximum atomic E-state index is 12.4. The summed E-state index contributed by atoms with van der Waals surface area (Å²) in [4.78, 5) is 12.4. The minimum atomic E-state index is -0.989. The van der Waals surface area contributed by atoms with Crippen LogP contribution in [0.2, 0.25) is 5.02 Å². The second-order valence-electron chi connectivity index (χ2n) is 5.57. The molecule has 2 aromatic rings. The van der Waals surface area contributed by atoms with Crippen LogP contribution in [-0.2, 0) is 11.2 Å². The van der Waals surface area contributed by atoms with E-state index in [0.29, 0.717) is 10.8 Å². The lowest BCUT2D eigenvalue weighted by molar-refractivity contribution is -0.128. The maximum Gasteiger partial charge on any atom is 0.267 e. The average molecular weight is 318 g/mol. The van der Waals surface area contributed by atoms with Crippen molar-refractivity contribution in [3.05, 3.63) is 59.1 Å². The summed E-state index contributed by atoms with van der Waals surface area (Å²) in [5, 5.41) is 3.51. The third-order valence-corrected chi connectivity index (χ3v) is 3.61. The lowest BCUT2D eigenvalue weighted by atomic mass is 10.1. The number of ether oxygens (including phenoxy) is 1. The first-order chi connectivity index (χ1) is 10.4. The van der Waals surface area contributed by atoms with Crippen molar-refractivity contribution in [1.82, 2.24) is 0 Å². The summed E-state index contributed by atoms with van der Waals surface area (Å²) in [6, 6.07) is 14.7. The monoisotopic (exact) mass is 317 g/mol. The molecular weight excluding hydrogens is 298 g/mol. The van der Waals surface area contributed by atoms with Crippen molar-refractivity contribution in [2.24, 2.45) is 0 Å². The third kappa shape index (κ3) is 4.25. The molecule has 3 nitrogen and oxygen atoms in total. The highest BCUT2D eigenvalue weighted by atomic mass is 35.5. The van der Waals surface area contributed by atoms with Gasteiger partial charge in [0, 0.05) is 10.7 Å². The molecular formula is C18H20ClNO2. The molecule has 116 valence electrons. The highest BCUT2D eigenvalue weighted by Crippen LogP contribution is 2.22. The van der Waals surface area contributed by atoms with Crippen LogP contribution in [0.3, 0.4) is 0 Å². The quantitative estimate of drug-likeness (QED) is 0.868. The first kappa shape index (κ1) is 16.4. The van der Waals surface area contributed by atoms with E-state index in [1.165, 1.54) is 5.56 Å². The first-order valence-corrected chi connectivity index (χ1v) is 7.63. The van der Waals surface area contributed by atoms with Crippen LogP contribution >= 0.6 is 11.6 Å². The molecule has 0 unspecified atom stereocenters. The van der Waals surface area contributed by atoms with Crippen molar-refractivity contribution in [1.29, 1.82) is 0 Å². The summed E-state index contributed by atoms with van der Waals surface area (Å²) >= 11 is 5.84. The van der Waals surface area contributed by atoms with Crippen LogP contribution in [0.25, 0.3) is 0 Å². The van der Waals surface area contributed by atoms with Gasteiger partial charge in [0.2, 0.25) is 0 Å². The largest absolute Gasteiger partial charge is 0.478 e. The zero-order valence-corrected chi connectivity index (χ0v) is 13.8. The molecule has 1 N–H and O–H groups in total. The number of halogens is 1. The predicted molar refractivity (Wildman–Crippen MR) is 90.6 cm³/mol. The number of carbonyl (C=O) groups excluding carboxylic acids is 1. The number of carbonyl (C=O) groups is 1. The number of hydrogen-bond acceptors (Lipinski definition) is 2. The Morgan fingerprint density at radius 3 is 2.23 bits per heavy atom. The van der Waals surface area contributed by atoms with Crippen LogP contribution in [0.1, 0.15) is 26.3 Å². The van der Waals surface area contributed by atoms with E-state index in [1.807, 2.05) is 24.3 Å². The molecule has 4 heteroatoms. The van der Waals surface area contributed by atoms with E-state index in [0.717, 1.165) is 12.1 Å². The van der Waals surface area contributed by atoms with Gasteiger partial charge in [-0.05, 0) is 62.2 Å². The third-order valence-electron chi connectivity index (χ3n) is 3.35. The van der Waals surface area contributed by atoms with Crippen molar-refractivity contribution < 1.29 is 9.53 Å². The first-order valence-electron chi connectivity index (χ1n) is 7.25. The average Bonchev–Trinajstić information content (AvgIpc) is 2.50. The van der Waals surface area contributed by atoms with Crippen LogP contribution < -0.4 is 10.1 Å². The van der Waals surface area contributed by atoms with Gasteiger partial charge in [-0.3, -0.25) is 4.79 Å². The Morgan fingerprint density at radius 1 is 1.09 bits per heavy atom. The number of anilines is 1. The lowest BCUT2D eigenvalue weighted by Crippen LogP contribution is -2.42. The summed E-state index contributed by atoms with van der Waals surface area (Å²) in [5.41, 5.74) is 1.00. The van der Waals surface area contributed by atoms with Crippen LogP contribution in [0.4, 0.5) is 5.69 Å². The van der Waals surface area contributed by atoms with Gasteiger partial charge in [-0.15, -0.1) is 0 Å². The van der Waals surface area contributed by atoms with Gasteiger partial charge in [-0.1, -0.05) is 30.7 Å². The fourth-order valence-electron chi connectivity index (χ4n) is 1.95. The molecule has 0 aliphatic rings. The zero-order chi connectivity index (χ0) is 16.2.